The maximum atomic E-state index is 11.7. The zero-order valence-electron chi connectivity index (χ0n) is 13.7. The first-order chi connectivity index (χ1) is 9.37. The number of rotatable bonds is 11. The molecule has 1 aliphatic rings. The van der Waals surface area contributed by atoms with Crippen molar-refractivity contribution < 1.29 is 4.79 Å². The highest BCUT2D eigenvalue weighted by Crippen LogP contribution is 2.25. The molecule has 0 aromatic heterocycles. The molecule has 118 valence electrons. The Morgan fingerprint density at radius 1 is 1.40 bits per heavy atom. The highest BCUT2D eigenvalue weighted by atomic mass is 16.1. The average Bonchev–Trinajstić information content (AvgIpc) is 3.16. The quantitative estimate of drug-likeness (QED) is 0.571. The van der Waals surface area contributed by atoms with Gasteiger partial charge in [-0.1, -0.05) is 20.8 Å². The van der Waals surface area contributed by atoms with Crippen LogP contribution in [0.4, 0.5) is 0 Å². The Bertz CT molecular complexity index is 302. The van der Waals surface area contributed by atoms with E-state index >= 15 is 0 Å². The maximum absolute atomic E-state index is 11.7. The second-order valence-corrected chi connectivity index (χ2v) is 6.86. The second-order valence-electron chi connectivity index (χ2n) is 6.86. The molecular formula is C16H33N3O. The number of nitrogens with one attached hydrogen (secondary N) is 1. The molecule has 0 radical (unpaired) electrons. The molecule has 0 saturated heterocycles. The zero-order chi connectivity index (χ0) is 15.2. The average molecular weight is 283 g/mol. The number of carbonyl (C=O) groups excluding carboxylic acids is 1. The molecule has 0 spiro atoms. The van der Waals surface area contributed by atoms with E-state index in [1.165, 1.54) is 12.8 Å². The van der Waals surface area contributed by atoms with Crippen molar-refractivity contribution in [3.05, 3.63) is 0 Å². The van der Waals surface area contributed by atoms with E-state index in [1.807, 2.05) is 6.92 Å². The molecule has 1 rings (SSSR count). The van der Waals surface area contributed by atoms with Gasteiger partial charge in [0, 0.05) is 12.6 Å². The minimum absolute atomic E-state index is 0.209. The van der Waals surface area contributed by atoms with Crippen molar-refractivity contribution in [3.8, 4) is 0 Å². The summed E-state index contributed by atoms with van der Waals surface area (Å²) in [5, 5.41) is 3.41. The second kappa shape index (κ2) is 7.99. The number of unbranched alkanes of at least 4 members (excludes halogenated alkanes) is 1. The van der Waals surface area contributed by atoms with Gasteiger partial charge in [0.05, 0.1) is 5.54 Å². The number of nitrogens with two attached hydrogens (primary N) is 1. The largest absolute Gasteiger partial charge is 0.368 e. The molecule has 0 bridgehead atoms. The third-order valence-electron chi connectivity index (χ3n) is 4.12. The number of nitrogens with zero attached hydrogens (tertiary/aromatic N) is 1. The summed E-state index contributed by atoms with van der Waals surface area (Å²) in [4.78, 5) is 14.2. The third-order valence-corrected chi connectivity index (χ3v) is 4.12. The summed E-state index contributed by atoms with van der Waals surface area (Å²) in [7, 11) is 0. The molecule has 1 fully saturated rings. The molecule has 0 aliphatic heterocycles. The summed E-state index contributed by atoms with van der Waals surface area (Å²) in [5.74, 6) is 0.501. The van der Waals surface area contributed by atoms with Gasteiger partial charge in [0.15, 0.2) is 0 Å². The number of primary amides is 1. The van der Waals surface area contributed by atoms with Crippen LogP contribution in [-0.2, 0) is 4.79 Å². The molecular weight excluding hydrogens is 250 g/mol. The monoisotopic (exact) mass is 283 g/mol. The first-order valence-corrected chi connectivity index (χ1v) is 8.17. The van der Waals surface area contributed by atoms with E-state index in [0.29, 0.717) is 12.0 Å². The van der Waals surface area contributed by atoms with Crippen LogP contribution < -0.4 is 11.1 Å². The summed E-state index contributed by atoms with van der Waals surface area (Å²) < 4.78 is 0. The van der Waals surface area contributed by atoms with Gasteiger partial charge in [-0.2, -0.15) is 0 Å². The molecule has 0 aromatic carbocycles. The fourth-order valence-corrected chi connectivity index (χ4v) is 2.65. The molecule has 1 saturated carbocycles. The SMILES string of the molecule is CCN(CCCCC(C)(NC1CC1)C(N)=O)CC(C)C. The molecule has 20 heavy (non-hydrogen) atoms. The van der Waals surface area contributed by atoms with Crippen molar-refractivity contribution in [2.24, 2.45) is 11.7 Å². The molecule has 1 atom stereocenters. The van der Waals surface area contributed by atoms with Gasteiger partial charge >= 0.3 is 0 Å². The molecule has 1 amide bonds. The van der Waals surface area contributed by atoms with Crippen LogP contribution in [0.3, 0.4) is 0 Å². The van der Waals surface area contributed by atoms with E-state index < -0.39 is 5.54 Å². The topological polar surface area (TPSA) is 58.4 Å². The van der Waals surface area contributed by atoms with Crippen molar-refractivity contribution in [1.82, 2.24) is 10.2 Å². The van der Waals surface area contributed by atoms with Gasteiger partial charge in [-0.05, 0) is 58.0 Å². The lowest BCUT2D eigenvalue weighted by Gasteiger charge is -2.28. The molecule has 0 aromatic rings. The smallest absolute Gasteiger partial charge is 0.237 e. The van der Waals surface area contributed by atoms with Crippen LogP contribution in [0.15, 0.2) is 0 Å². The van der Waals surface area contributed by atoms with E-state index in [0.717, 1.165) is 38.9 Å². The zero-order valence-corrected chi connectivity index (χ0v) is 13.7. The van der Waals surface area contributed by atoms with E-state index in [1.54, 1.807) is 0 Å². The molecule has 0 heterocycles. The fourth-order valence-electron chi connectivity index (χ4n) is 2.65. The Balaban J connectivity index is 2.27. The van der Waals surface area contributed by atoms with Gasteiger partial charge in [0.25, 0.3) is 0 Å². The normalized spacial score (nSPS) is 18.5. The van der Waals surface area contributed by atoms with Crippen LogP contribution in [0.5, 0.6) is 0 Å². The van der Waals surface area contributed by atoms with E-state index in [4.69, 9.17) is 5.73 Å². The lowest BCUT2D eigenvalue weighted by molar-refractivity contribution is -0.124. The molecule has 4 nitrogen and oxygen atoms in total. The van der Waals surface area contributed by atoms with E-state index in [9.17, 15) is 4.79 Å². The van der Waals surface area contributed by atoms with Crippen molar-refractivity contribution in [2.45, 2.75) is 71.4 Å². The maximum Gasteiger partial charge on any atom is 0.237 e. The summed E-state index contributed by atoms with van der Waals surface area (Å²) >= 11 is 0. The number of carbonyl (C=O) groups is 1. The van der Waals surface area contributed by atoms with Crippen LogP contribution in [0.1, 0.15) is 59.8 Å². The highest BCUT2D eigenvalue weighted by molar-refractivity contribution is 5.84. The Kier molecular flexibility index (Phi) is 6.96. The Hall–Kier alpha value is -0.610. The van der Waals surface area contributed by atoms with Gasteiger partial charge in [0.2, 0.25) is 5.91 Å². The number of hydrogen-bond acceptors (Lipinski definition) is 3. The van der Waals surface area contributed by atoms with Crippen LogP contribution in [0.2, 0.25) is 0 Å². The highest BCUT2D eigenvalue weighted by Gasteiger charge is 2.36. The van der Waals surface area contributed by atoms with Crippen molar-refractivity contribution in [3.63, 3.8) is 0 Å². The van der Waals surface area contributed by atoms with Gasteiger partial charge in [0.1, 0.15) is 0 Å². The van der Waals surface area contributed by atoms with Crippen LogP contribution in [0, 0.1) is 5.92 Å². The first-order valence-electron chi connectivity index (χ1n) is 8.17. The summed E-state index contributed by atoms with van der Waals surface area (Å²) in [5.41, 5.74) is 5.05. The lowest BCUT2D eigenvalue weighted by Crippen LogP contribution is -2.54. The minimum atomic E-state index is -0.518. The van der Waals surface area contributed by atoms with Crippen LogP contribution in [-0.4, -0.2) is 42.0 Å². The predicted octanol–water partition coefficient (Wildman–Crippen LogP) is 2.13. The van der Waals surface area contributed by atoms with Crippen molar-refractivity contribution >= 4 is 5.91 Å². The fraction of sp³-hybridized carbons (Fsp3) is 0.938. The van der Waals surface area contributed by atoms with Gasteiger partial charge < -0.3 is 16.0 Å². The van der Waals surface area contributed by atoms with Crippen molar-refractivity contribution in [1.29, 1.82) is 0 Å². The molecule has 4 heteroatoms. The molecule has 3 N–H and O–H groups in total. The molecule has 1 unspecified atom stereocenters. The standard InChI is InChI=1S/C16H33N3O/c1-5-19(12-13(2)3)11-7-6-10-16(4,15(17)20)18-14-8-9-14/h13-14,18H,5-12H2,1-4H3,(H2,17,20). The number of hydrogen-bond donors (Lipinski definition) is 2. The Morgan fingerprint density at radius 3 is 2.50 bits per heavy atom. The number of amides is 1. The van der Waals surface area contributed by atoms with Gasteiger partial charge in [-0.25, -0.2) is 0 Å². The third kappa shape index (κ3) is 6.23. The van der Waals surface area contributed by atoms with Crippen LogP contribution in [0.25, 0.3) is 0 Å². The predicted molar refractivity (Wildman–Crippen MR) is 84.6 cm³/mol. The molecule has 1 aliphatic carbocycles. The summed E-state index contributed by atoms with van der Waals surface area (Å²) in [6.45, 7) is 12.1. The Morgan fingerprint density at radius 2 is 2.05 bits per heavy atom. The van der Waals surface area contributed by atoms with E-state index in [-0.39, 0.29) is 5.91 Å². The van der Waals surface area contributed by atoms with Gasteiger partial charge in [-0.15, -0.1) is 0 Å². The van der Waals surface area contributed by atoms with Gasteiger partial charge in [-0.3, -0.25) is 4.79 Å². The van der Waals surface area contributed by atoms with Crippen LogP contribution >= 0.6 is 0 Å². The first kappa shape index (κ1) is 17.4. The van der Waals surface area contributed by atoms with Crippen molar-refractivity contribution in [2.75, 3.05) is 19.6 Å². The Labute approximate surface area is 124 Å². The van der Waals surface area contributed by atoms with E-state index in [2.05, 4.69) is 31.0 Å². The minimum Gasteiger partial charge on any atom is -0.368 e. The summed E-state index contributed by atoms with van der Waals surface area (Å²) in [6.07, 6.45) is 5.39. The summed E-state index contributed by atoms with van der Waals surface area (Å²) in [6, 6.07) is 0.514. The lowest BCUT2D eigenvalue weighted by atomic mass is 9.93.